The minimum absolute atomic E-state index is 0.0162. The third-order valence-electron chi connectivity index (χ3n) is 3.84. The number of rotatable bonds is 3. The summed E-state index contributed by atoms with van der Waals surface area (Å²) in [6.45, 7) is 1.54. The fourth-order valence-corrected chi connectivity index (χ4v) is 2.78. The molecule has 1 aromatic carbocycles. The minimum atomic E-state index is -0.0162. The highest BCUT2D eigenvalue weighted by atomic mass is 16.5. The van der Waals surface area contributed by atoms with Crippen LogP contribution in [0.1, 0.15) is 24.8 Å². The molecule has 2 N–H and O–H groups in total. The van der Waals surface area contributed by atoms with E-state index in [4.69, 9.17) is 4.74 Å². The maximum absolute atomic E-state index is 12.0. The quantitative estimate of drug-likeness (QED) is 0.860. The lowest BCUT2D eigenvalue weighted by Crippen LogP contribution is -2.48. The summed E-state index contributed by atoms with van der Waals surface area (Å²) in [5, 5.41) is 6.26. The van der Waals surface area contributed by atoms with Crippen LogP contribution in [0, 0.1) is 0 Å². The van der Waals surface area contributed by atoms with Gasteiger partial charge < -0.3 is 15.4 Å². The van der Waals surface area contributed by atoms with E-state index in [9.17, 15) is 4.79 Å². The van der Waals surface area contributed by atoms with Crippen LogP contribution in [0.15, 0.2) is 24.3 Å². The number of carbonyl (C=O) groups is 1. The summed E-state index contributed by atoms with van der Waals surface area (Å²) in [6.07, 6.45) is 4.21. The fraction of sp³-hybridized carbons (Fsp3) is 0.533. The normalized spacial score (nSPS) is 25.5. The third kappa shape index (κ3) is 2.89. The number of fused-ring (bicyclic) bond motifs is 1. The van der Waals surface area contributed by atoms with Gasteiger partial charge in [0.25, 0.3) is 0 Å². The smallest absolute Gasteiger partial charge is 0.237 e. The van der Waals surface area contributed by atoms with Gasteiger partial charge in [-0.05, 0) is 31.0 Å². The Morgan fingerprint density at radius 2 is 2.26 bits per heavy atom. The van der Waals surface area contributed by atoms with Crippen LogP contribution in [-0.4, -0.2) is 31.1 Å². The van der Waals surface area contributed by atoms with Crippen LogP contribution in [0.4, 0.5) is 0 Å². The highest BCUT2D eigenvalue weighted by Gasteiger charge is 2.25. The van der Waals surface area contributed by atoms with Crippen LogP contribution in [0.5, 0.6) is 5.75 Å². The molecule has 1 fully saturated rings. The third-order valence-corrected chi connectivity index (χ3v) is 3.84. The van der Waals surface area contributed by atoms with Gasteiger partial charge in [0.2, 0.25) is 5.91 Å². The largest absolute Gasteiger partial charge is 0.488 e. The highest BCUT2D eigenvalue weighted by molar-refractivity contribution is 5.81. The molecule has 1 amide bonds. The number of amides is 1. The van der Waals surface area contributed by atoms with Crippen molar-refractivity contribution >= 4 is 5.91 Å². The molecule has 19 heavy (non-hydrogen) atoms. The summed E-state index contributed by atoms with van der Waals surface area (Å²) in [5.41, 5.74) is 1.23. The molecule has 0 radical (unpaired) electrons. The van der Waals surface area contributed by atoms with E-state index in [1.165, 1.54) is 12.0 Å². The number of piperidine rings is 1. The zero-order chi connectivity index (χ0) is 13.1. The lowest BCUT2D eigenvalue weighted by Gasteiger charge is -2.23. The number of nitrogens with one attached hydrogen (secondary N) is 2. The molecule has 2 heterocycles. The zero-order valence-electron chi connectivity index (χ0n) is 11.0. The summed E-state index contributed by atoms with van der Waals surface area (Å²) in [4.78, 5) is 12.0. The van der Waals surface area contributed by atoms with Crippen LogP contribution in [-0.2, 0) is 11.2 Å². The van der Waals surface area contributed by atoms with Gasteiger partial charge in [-0.15, -0.1) is 0 Å². The second kappa shape index (κ2) is 5.61. The number of hydrogen-bond acceptors (Lipinski definition) is 3. The molecule has 4 heteroatoms. The number of hydrogen-bond donors (Lipinski definition) is 2. The highest BCUT2D eigenvalue weighted by Crippen LogP contribution is 2.27. The molecule has 0 bridgehead atoms. The van der Waals surface area contributed by atoms with E-state index in [-0.39, 0.29) is 18.1 Å². The molecule has 0 saturated carbocycles. The van der Waals surface area contributed by atoms with Gasteiger partial charge >= 0.3 is 0 Å². The van der Waals surface area contributed by atoms with Gasteiger partial charge in [-0.2, -0.15) is 0 Å². The van der Waals surface area contributed by atoms with Crippen molar-refractivity contribution in [2.45, 2.75) is 37.8 Å². The number of benzene rings is 1. The Bertz CT molecular complexity index is 430. The van der Waals surface area contributed by atoms with Crippen molar-refractivity contribution in [3.8, 4) is 5.75 Å². The summed E-state index contributed by atoms with van der Waals surface area (Å²) >= 11 is 0. The van der Waals surface area contributed by atoms with E-state index in [1.54, 1.807) is 0 Å². The van der Waals surface area contributed by atoms with Gasteiger partial charge in [0.05, 0.1) is 12.6 Å². The monoisotopic (exact) mass is 260 g/mol. The van der Waals surface area contributed by atoms with Crippen LogP contribution in [0.3, 0.4) is 0 Å². The van der Waals surface area contributed by atoms with E-state index in [0.29, 0.717) is 6.54 Å². The molecule has 0 spiro atoms. The van der Waals surface area contributed by atoms with Gasteiger partial charge in [0.15, 0.2) is 0 Å². The molecule has 3 rings (SSSR count). The lowest BCUT2D eigenvalue weighted by molar-refractivity contribution is -0.124. The van der Waals surface area contributed by atoms with E-state index >= 15 is 0 Å². The molecular weight excluding hydrogens is 240 g/mol. The molecule has 2 atom stereocenters. The van der Waals surface area contributed by atoms with Crippen molar-refractivity contribution in [3.05, 3.63) is 29.8 Å². The molecule has 1 unspecified atom stereocenters. The molecule has 2 aliphatic heterocycles. The van der Waals surface area contributed by atoms with E-state index in [2.05, 4.69) is 16.7 Å². The van der Waals surface area contributed by atoms with Gasteiger partial charge in [0, 0.05) is 6.42 Å². The minimum Gasteiger partial charge on any atom is -0.488 e. The predicted octanol–water partition coefficient (Wildman–Crippen LogP) is 1.25. The number of para-hydroxylation sites is 1. The molecule has 1 saturated heterocycles. The van der Waals surface area contributed by atoms with Gasteiger partial charge in [-0.25, -0.2) is 0 Å². The molecule has 4 nitrogen and oxygen atoms in total. The van der Waals surface area contributed by atoms with Crippen molar-refractivity contribution in [2.75, 3.05) is 13.1 Å². The Balaban J connectivity index is 1.47. The number of carbonyl (C=O) groups excluding carboxylic acids is 1. The first kappa shape index (κ1) is 12.5. The lowest BCUT2D eigenvalue weighted by atomic mass is 10.0. The first-order valence-corrected chi connectivity index (χ1v) is 7.08. The predicted molar refractivity (Wildman–Crippen MR) is 73.2 cm³/mol. The summed E-state index contributed by atoms with van der Waals surface area (Å²) in [7, 11) is 0. The van der Waals surface area contributed by atoms with Crippen LogP contribution >= 0.6 is 0 Å². The fourth-order valence-electron chi connectivity index (χ4n) is 2.78. The van der Waals surface area contributed by atoms with Crippen molar-refractivity contribution in [3.63, 3.8) is 0 Å². The van der Waals surface area contributed by atoms with Gasteiger partial charge in [-0.1, -0.05) is 24.6 Å². The van der Waals surface area contributed by atoms with Gasteiger partial charge in [-0.3, -0.25) is 4.79 Å². The second-order valence-electron chi connectivity index (χ2n) is 5.30. The topological polar surface area (TPSA) is 50.4 Å². The van der Waals surface area contributed by atoms with Crippen molar-refractivity contribution in [1.29, 1.82) is 0 Å². The Hall–Kier alpha value is -1.55. The first-order chi connectivity index (χ1) is 9.33. The van der Waals surface area contributed by atoms with E-state index in [1.807, 2.05) is 18.2 Å². The zero-order valence-corrected chi connectivity index (χ0v) is 11.0. The first-order valence-electron chi connectivity index (χ1n) is 7.08. The Morgan fingerprint density at radius 3 is 3.05 bits per heavy atom. The maximum Gasteiger partial charge on any atom is 0.237 e. The standard InChI is InChI=1S/C15H20N2O2/c18-15(13-6-3-4-8-16-13)17-10-12-9-11-5-1-2-7-14(11)19-12/h1-2,5,7,12-13,16H,3-4,6,8-10H2,(H,17,18)/t12?,13-/m0/s1. The van der Waals surface area contributed by atoms with E-state index in [0.717, 1.165) is 31.6 Å². The summed E-state index contributed by atoms with van der Waals surface area (Å²) in [5.74, 6) is 1.07. The molecular formula is C15H20N2O2. The molecule has 1 aromatic rings. The second-order valence-corrected chi connectivity index (χ2v) is 5.30. The molecule has 2 aliphatic rings. The Labute approximate surface area is 113 Å². The average molecular weight is 260 g/mol. The SMILES string of the molecule is O=C(NCC1Cc2ccccc2O1)[C@@H]1CCCCN1. The summed E-state index contributed by atoms with van der Waals surface area (Å²) in [6, 6.07) is 8.05. The van der Waals surface area contributed by atoms with Crippen molar-refractivity contribution in [2.24, 2.45) is 0 Å². The molecule has 102 valence electrons. The Morgan fingerprint density at radius 1 is 1.37 bits per heavy atom. The number of ether oxygens (including phenoxy) is 1. The average Bonchev–Trinajstić information content (AvgIpc) is 2.88. The summed E-state index contributed by atoms with van der Waals surface area (Å²) < 4.78 is 5.81. The van der Waals surface area contributed by atoms with E-state index < -0.39 is 0 Å². The maximum atomic E-state index is 12.0. The van der Waals surface area contributed by atoms with Crippen LogP contribution in [0.25, 0.3) is 0 Å². The van der Waals surface area contributed by atoms with Crippen molar-refractivity contribution < 1.29 is 9.53 Å². The molecule has 0 aromatic heterocycles. The Kier molecular flexibility index (Phi) is 3.69. The van der Waals surface area contributed by atoms with Crippen LogP contribution in [0.2, 0.25) is 0 Å². The van der Waals surface area contributed by atoms with Crippen LogP contribution < -0.4 is 15.4 Å². The molecule has 0 aliphatic carbocycles. The van der Waals surface area contributed by atoms with Crippen molar-refractivity contribution in [1.82, 2.24) is 10.6 Å². The van der Waals surface area contributed by atoms with Gasteiger partial charge in [0.1, 0.15) is 11.9 Å².